The average Bonchev–Trinajstić information content (AvgIpc) is 2.56. The molecular formula is C14H20N4. The lowest BCUT2D eigenvalue weighted by Crippen LogP contribution is -2.03. The van der Waals surface area contributed by atoms with E-state index in [9.17, 15) is 0 Å². The maximum Gasteiger partial charge on any atom is 0.0646 e. The van der Waals surface area contributed by atoms with Crippen molar-refractivity contribution in [2.75, 3.05) is 11.1 Å². The van der Waals surface area contributed by atoms with Gasteiger partial charge in [0.15, 0.2) is 0 Å². The highest BCUT2D eigenvalue weighted by atomic mass is 15.3. The van der Waals surface area contributed by atoms with E-state index >= 15 is 0 Å². The molecule has 0 aliphatic rings. The van der Waals surface area contributed by atoms with Gasteiger partial charge in [-0.1, -0.05) is 0 Å². The highest BCUT2D eigenvalue weighted by Crippen LogP contribution is 2.19. The smallest absolute Gasteiger partial charge is 0.0646 e. The first-order valence-corrected chi connectivity index (χ1v) is 6.08. The summed E-state index contributed by atoms with van der Waals surface area (Å²) in [5.41, 5.74) is 12.4. The Bertz CT molecular complexity index is 569. The minimum Gasteiger partial charge on any atom is -0.399 e. The van der Waals surface area contributed by atoms with Gasteiger partial charge in [0.1, 0.15) is 0 Å². The Morgan fingerprint density at radius 2 is 2.00 bits per heavy atom. The lowest BCUT2D eigenvalue weighted by atomic mass is 10.1. The zero-order chi connectivity index (χ0) is 13.3. The number of aromatic nitrogens is 2. The summed E-state index contributed by atoms with van der Waals surface area (Å²) in [5.74, 6) is 0. The van der Waals surface area contributed by atoms with E-state index in [4.69, 9.17) is 5.73 Å². The Morgan fingerprint density at radius 3 is 2.56 bits per heavy atom. The molecule has 96 valence electrons. The molecule has 0 unspecified atom stereocenters. The fourth-order valence-corrected chi connectivity index (χ4v) is 2.05. The molecule has 0 bridgehead atoms. The fourth-order valence-electron chi connectivity index (χ4n) is 2.05. The first kappa shape index (κ1) is 12.5. The van der Waals surface area contributed by atoms with Crippen molar-refractivity contribution in [2.45, 2.75) is 27.3 Å². The van der Waals surface area contributed by atoms with Gasteiger partial charge in [-0.3, -0.25) is 4.68 Å². The number of anilines is 2. The van der Waals surface area contributed by atoms with Gasteiger partial charge in [-0.05, 0) is 44.5 Å². The molecule has 1 aromatic carbocycles. The molecule has 4 heteroatoms. The van der Waals surface area contributed by atoms with Crippen molar-refractivity contribution in [3.63, 3.8) is 0 Å². The Labute approximate surface area is 108 Å². The molecule has 0 saturated heterocycles. The first-order valence-electron chi connectivity index (χ1n) is 6.08. The van der Waals surface area contributed by atoms with Crippen LogP contribution in [0.5, 0.6) is 0 Å². The van der Waals surface area contributed by atoms with E-state index < -0.39 is 0 Å². The van der Waals surface area contributed by atoms with Crippen molar-refractivity contribution in [3.05, 3.63) is 40.7 Å². The number of aryl methyl sites for hydroxylation is 3. The molecule has 3 N–H and O–H groups in total. The van der Waals surface area contributed by atoms with E-state index in [0.717, 1.165) is 29.2 Å². The number of hydrogen-bond donors (Lipinski definition) is 2. The molecule has 1 aromatic heterocycles. The van der Waals surface area contributed by atoms with Crippen molar-refractivity contribution < 1.29 is 0 Å². The maximum absolute atomic E-state index is 5.81. The zero-order valence-electron chi connectivity index (χ0n) is 11.4. The van der Waals surface area contributed by atoms with Crippen molar-refractivity contribution in [3.8, 4) is 0 Å². The molecule has 18 heavy (non-hydrogen) atoms. The predicted octanol–water partition coefficient (Wildman–Crippen LogP) is 2.54. The molecular weight excluding hydrogens is 224 g/mol. The Hall–Kier alpha value is -1.97. The molecule has 0 saturated carbocycles. The topological polar surface area (TPSA) is 55.9 Å². The van der Waals surface area contributed by atoms with Gasteiger partial charge in [-0.2, -0.15) is 5.10 Å². The van der Waals surface area contributed by atoms with Crippen LogP contribution in [-0.4, -0.2) is 9.78 Å². The molecule has 1 heterocycles. The maximum atomic E-state index is 5.81. The standard InChI is InChI=1S/C14H20N4/c1-9-7-12(5-6-14(9)15)16-8-13-10(2)17-18(4)11(13)3/h5-7,16H,8,15H2,1-4H3. The number of rotatable bonds is 3. The zero-order valence-corrected chi connectivity index (χ0v) is 11.4. The van der Waals surface area contributed by atoms with Crippen molar-refractivity contribution in [1.29, 1.82) is 0 Å². The molecule has 0 amide bonds. The summed E-state index contributed by atoms with van der Waals surface area (Å²) in [6, 6.07) is 6.00. The van der Waals surface area contributed by atoms with Gasteiger partial charge in [0.05, 0.1) is 5.69 Å². The highest BCUT2D eigenvalue weighted by molar-refractivity contribution is 5.56. The molecule has 0 radical (unpaired) electrons. The molecule has 0 fully saturated rings. The third-order valence-corrected chi connectivity index (χ3v) is 3.40. The summed E-state index contributed by atoms with van der Waals surface area (Å²) in [6.07, 6.45) is 0. The van der Waals surface area contributed by atoms with Gasteiger partial charge in [-0.25, -0.2) is 0 Å². The SMILES string of the molecule is Cc1cc(NCc2c(C)nn(C)c2C)ccc1N. The summed E-state index contributed by atoms with van der Waals surface area (Å²) >= 11 is 0. The average molecular weight is 244 g/mol. The third-order valence-electron chi connectivity index (χ3n) is 3.40. The van der Waals surface area contributed by atoms with Crippen LogP contribution in [0.25, 0.3) is 0 Å². The minimum absolute atomic E-state index is 0.787. The van der Waals surface area contributed by atoms with Crippen LogP contribution in [0.4, 0.5) is 11.4 Å². The van der Waals surface area contributed by atoms with Gasteiger partial charge in [-0.15, -0.1) is 0 Å². The van der Waals surface area contributed by atoms with Crippen LogP contribution in [0.2, 0.25) is 0 Å². The molecule has 2 rings (SSSR count). The number of hydrogen-bond acceptors (Lipinski definition) is 3. The van der Waals surface area contributed by atoms with E-state index in [-0.39, 0.29) is 0 Å². The number of benzene rings is 1. The van der Waals surface area contributed by atoms with Crippen LogP contribution in [0.3, 0.4) is 0 Å². The monoisotopic (exact) mass is 244 g/mol. The molecule has 0 atom stereocenters. The van der Waals surface area contributed by atoms with Gasteiger partial charge in [0.2, 0.25) is 0 Å². The minimum atomic E-state index is 0.787. The van der Waals surface area contributed by atoms with E-state index in [0.29, 0.717) is 0 Å². The first-order chi connectivity index (χ1) is 8.49. The summed E-state index contributed by atoms with van der Waals surface area (Å²) in [6.45, 7) is 6.93. The molecule has 0 aliphatic carbocycles. The molecule has 4 nitrogen and oxygen atoms in total. The molecule has 0 aliphatic heterocycles. The lowest BCUT2D eigenvalue weighted by Gasteiger charge is -2.09. The number of nitrogens with zero attached hydrogens (tertiary/aromatic N) is 2. The Balaban J connectivity index is 2.14. The van der Waals surface area contributed by atoms with Crippen molar-refractivity contribution >= 4 is 11.4 Å². The van der Waals surface area contributed by atoms with E-state index in [2.05, 4.69) is 23.4 Å². The third kappa shape index (κ3) is 2.32. The second-order valence-corrected chi connectivity index (χ2v) is 4.70. The largest absolute Gasteiger partial charge is 0.399 e. The quantitative estimate of drug-likeness (QED) is 0.816. The number of nitrogens with two attached hydrogens (primary N) is 1. The van der Waals surface area contributed by atoms with Crippen LogP contribution in [-0.2, 0) is 13.6 Å². The van der Waals surface area contributed by atoms with Crippen molar-refractivity contribution in [2.24, 2.45) is 7.05 Å². The predicted molar refractivity (Wildman–Crippen MR) is 75.6 cm³/mol. The van der Waals surface area contributed by atoms with Crippen LogP contribution < -0.4 is 11.1 Å². The van der Waals surface area contributed by atoms with Gasteiger partial charge >= 0.3 is 0 Å². The highest BCUT2D eigenvalue weighted by Gasteiger charge is 2.08. The van der Waals surface area contributed by atoms with Gasteiger partial charge in [0.25, 0.3) is 0 Å². The fraction of sp³-hybridized carbons (Fsp3) is 0.357. The van der Waals surface area contributed by atoms with Crippen LogP contribution >= 0.6 is 0 Å². The van der Waals surface area contributed by atoms with Gasteiger partial charge in [0, 0.05) is 36.2 Å². The molecule has 0 spiro atoms. The lowest BCUT2D eigenvalue weighted by molar-refractivity contribution is 0.730. The van der Waals surface area contributed by atoms with Crippen LogP contribution in [0, 0.1) is 20.8 Å². The normalized spacial score (nSPS) is 10.7. The summed E-state index contributed by atoms with van der Waals surface area (Å²) in [5, 5.41) is 7.83. The Morgan fingerprint density at radius 1 is 1.28 bits per heavy atom. The van der Waals surface area contributed by atoms with Crippen molar-refractivity contribution in [1.82, 2.24) is 9.78 Å². The second-order valence-electron chi connectivity index (χ2n) is 4.70. The van der Waals surface area contributed by atoms with Crippen LogP contribution in [0.15, 0.2) is 18.2 Å². The number of nitrogens with one attached hydrogen (secondary N) is 1. The number of nitrogen functional groups attached to an aromatic ring is 1. The second kappa shape index (κ2) is 4.72. The van der Waals surface area contributed by atoms with E-state index in [1.165, 1.54) is 11.3 Å². The van der Waals surface area contributed by atoms with E-state index in [1.54, 1.807) is 0 Å². The Kier molecular flexibility index (Phi) is 3.28. The summed E-state index contributed by atoms with van der Waals surface area (Å²) < 4.78 is 1.92. The molecule has 2 aromatic rings. The summed E-state index contributed by atoms with van der Waals surface area (Å²) in [7, 11) is 1.97. The van der Waals surface area contributed by atoms with Crippen LogP contribution in [0.1, 0.15) is 22.5 Å². The van der Waals surface area contributed by atoms with Gasteiger partial charge < -0.3 is 11.1 Å². The summed E-state index contributed by atoms with van der Waals surface area (Å²) in [4.78, 5) is 0. The van der Waals surface area contributed by atoms with E-state index in [1.807, 2.05) is 37.7 Å².